The summed E-state index contributed by atoms with van der Waals surface area (Å²) >= 11 is 5.29. The summed E-state index contributed by atoms with van der Waals surface area (Å²) in [6, 6.07) is 19.4. The van der Waals surface area contributed by atoms with Crippen molar-refractivity contribution in [3.8, 4) is 0 Å². The fraction of sp³-hybridized carbons (Fsp3) is 0.0526. The second-order valence-electron chi connectivity index (χ2n) is 5.26. The van der Waals surface area contributed by atoms with Gasteiger partial charge in [0.2, 0.25) is 0 Å². The molecule has 0 radical (unpaired) electrons. The standard InChI is InChI=1S/C19H16N2OS/c1-14(12-15-8-4-2-5-9-15)13-17-18(22)21(19(23)20-17)16-10-6-3-7-11-16/h2-13H,1H3,(H,20,23)/b14-12+,17-13-. The van der Waals surface area contributed by atoms with Gasteiger partial charge in [0.1, 0.15) is 5.70 Å². The van der Waals surface area contributed by atoms with E-state index in [0.717, 1.165) is 16.8 Å². The fourth-order valence-corrected chi connectivity index (χ4v) is 2.73. The number of benzene rings is 2. The van der Waals surface area contributed by atoms with Crippen LogP contribution >= 0.6 is 12.2 Å². The van der Waals surface area contributed by atoms with Crippen molar-refractivity contribution in [2.75, 3.05) is 4.90 Å². The van der Waals surface area contributed by atoms with E-state index in [2.05, 4.69) is 5.32 Å². The van der Waals surface area contributed by atoms with Crippen molar-refractivity contribution in [2.45, 2.75) is 6.92 Å². The first-order valence-corrected chi connectivity index (χ1v) is 7.71. The molecule has 1 heterocycles. The van der Waals surface area contributed by atoms with Crippen molar-refractivity contribution < 1.29 is 4.79 Å². The first kappa shape index (κ1) is 15.2. The molecule has 23 heavy (non-hydrogen) atoms. The van der Waals surface area contributed by atoms with Gasteiger partial charge >= 0.3 is 0 Å². The lowest BCUT2D eigenvalue weighted by molar-refractivity contribution is -0.113. The molecule has 0 saturated carbocycles. The lowest BCUT2D eigenvalue weighted by Gasteiger charge is -2.13. The van der Waals surface area contributed by atoms with Crippen LogP contribution in [0, 0.1) is 0 Å². The van der Waals surface area contributed by atoms with Gasteiger partial charge < -0.3 is 5.32 Å². The normalized spacial score (nSPS) is 16.8. The van der Waals surface area contributed by atoms with Gasteiger partial charge in [-0.1, -0.05) is 54.6 Å². The summed E-state index contributed by atoms with van der Waals surface area (Å²) < 4.78 is 0. The van der Waals surface area contributed by atoms with Crippen LogP contribution in [0.3, 0.4) is 0 Å². The maximum Gasteiger partial charge on any atom is 0.281 e. The van der Waals surface area contributed by atoms with Gasteiger partial charge in [0, 0.05) is 0 Å². The quantitative estimate of drug-likeness (QED) is 0.688. The van der Waals surface area contributed by atoms with Crippen LogP contribution in [0.15, 0.2) is 78.0 Å². The zero-order valence-corrected chi connectivity index (χ0v) is 13.5. The molecular weight excluding hydrogens is 304 g/mol. The molecule has 3 rings (SSSR count). The number of carbonyl (C=O) groups is 1. The Kier molecular flexibility index (Phi) is 4.35. The van der Waals surface area contributed by atoms with Gasteiger partial charge in [-0.2, -0.15) is 0 Å². The molecule has 3 nitrogen and oxygen atoms in total. The molecule has 0 aromatic heterocycles. The van der Waals surface area contributed by atoms with Gasteiger partial charge in [0.25, 0.3) is 5.91 Å². The van der Waals surface area contributed by atoms with Crippen molar-refractivity contribution in [3.05, 3.63) is 83.6 Å². The molecule has 0 atom stereocenters. The number of rotatable bonds is 3. The Morgan fingerprint density at radius 1 is 1.04 bits per heavy atom. The lowest BCUT2D eigenvalue weighted by Crippen LogP contribution is -2.30. The number of hydrogen-bond acceptors (Lipinski definition) is 2. The van der Waals surface area contributed by atoms with E-state index < -0.39 is 0 Å². The number of hydrogen-bond donors (Lipinski definition) is 1. The zero-order valence-electron chi connectivity index (χ0n) is 12.7. The van der Waals surface area contributed by atoms with Gasteiger partial charge in [0.05, 0.1) is 5.69 Å². The van der Waals surface area contributed by atoms with E-state index in [9.17, 15) is 4.79 Å². The number of nitrogens with zero attached hydrogens (tertiary/aromatic N) is 1. The van der Waals surface area contributed by atoms with Crippen LogP contribution in [-0.2, 0) is 4.79 Å². The van der Waals surface area contributed by atoms with Gasteiger partial charge in [-0.05, 0) is 48.5 Å². The summed E-state index contributed by atoms with van der Waals surface area (Å²) in [5.74, 6) is -0.137. The Morgan fingerprint density at radius 2 is 1.65 bits per heavy atom. The van der Waals surface area contributed by atoms with Crippen LogP contribution in [0.4, 0.5) is 5.69 Å². The highest BCUT2D eigenvalue weighted by Gasteiger charge is 2.31. The second kappa shape index (κ2) is 6.58. The number of amides is 1. The van der Waals surface area contributed by atoms with E-state index in [1.54, 1.807) is 0 Å². The molecule has 2 aromatic rings. The first-order chi connectivity index (χ1) is 11.1. The summed E-state index contributed by atoms with van der Waals surface area (Å²) in [6.07, 6.45) is 3.85. The van der Waals surface area contributed by atoms with Crippen molar-refractivity contribution in [1.29, 1.82) is 0 Å². The Labute approximate surface area is 140 Å². The molecule has 1 N–H and O–H groups in total. The Hall–Kier alpha value is -2.72. The van der Waals surface area contributed by atoms with E-state index in [1.807, 2.05) is 79.7 Å². The molecular formula is C19H16N2OS. The molecule has 1 aliphatic heterocycles. The molecule has 0 bridgehead atoms. The highest BCUT2D eigenvalue weighted by molar-refractivity contribution is 7.80. The van der Waals surface area contributed by atoms with Crippen LogP contribution < -0.4 is 10.2 Å². The number of allylic oxidation sites excluding steroid dienone is 2. The topological polar surface area (TPSA) is 32.3 Å². The number of para-hydroxylation sites is 1. The third kappa shape index (κ3) is 3.38. The van der Waals surface area contributed by atoms with Crippen LogP contribution in [-0.4, -0.2) is 11.0 Å². The molecule has 4 heteroatoms. The van der Waals surface area contributed by atoms with E-state index >= 15 is 0 Å². The molecule has 1 fully saturated rings. The number of carbonyl (C=O) groups excluding carboxylic acids is 1. The third-order valence-electron chi connectivity index (χ3n) is 3.46. The molecule has 2 aromatic carbocycles. The average molecular weight is 320 g/mol. The highest BCUT2D eigenvalue weighted by atomic mass is 32.1. The van der Waals surface area contributed by atoms with Crippen LogP contribution in [0.25, 0.3) is 6.08 Å². The van der Waals surface area contributed by atoms with Crippen molar-refractivity contribution >= 4 is 35.0 Å². The molecule has 114 valence electrons. The van der Waals surface area contributed by atoms with Crippen molar-refractivity contribution in [2.24, 2.45) is 0 Å². The minimum atomic E-state index is -0.137. The minimum Gasteiger partial charge on any atom is -0.327 e. The summed E-state index contributed by atoms with van der Waals surface area (Å²) in [5, 5.41) is 3.40. The fourth-order valence-electron chi connectivity index (χ4n) is 2.43. The molecule has 1 aliphatic rings. The van der Waals surface area contributed by atoms with Crippen LogP contribution in [0.5, 0.6) is 0 Å². The molecule has 0 unspecified atom stereocenters. The van der Waals surface area contributed by atoms with Gasteiger partial charge in [0.15, 0.2) is 5.11 Å². The number of nitrogens with one attached hydrogen (secondary N) is 1. The van der Waals surface area contributed by atoms with E-state index in [1.165, 1.54) is 4.90 Å². The predicted octanol–water partition coefficient (Wildman–Crippen LogP) is 3.90. The summed E-state index contributed by atoms with van der Waals surface area (Å²) in [7, 11) is 0. The maximum atomic E-state index is 12.6. The van der Waals surface area contributed by atoms with Crippen LogP contribution in [0.1, 0.15) is 12.5 Å². The number of thiocarbonyl (C=S) groups is 1. The maximum absolute atomic E-state index is 12.6. The molecule has 0 spiro atoms. The Balaban J connectivity index is 1.86. The van der Waals surface area contributed by atoms with Gasteiger partial charge in [-0.15, -0.1) is 0 Å². The van der Waals surface area contributed by atoms with Crippen molar-refractivity contribution in [1.82, 2.24) is 5.32 Å². The Bertz CT molecular complexity index is 795. The SMILES string of the molecule is CC(/C=C1\NC(=S)N(c2ccccc2)C1=O)=C\c1ccccc1. The summed E-state index contributed by atoms with van der Waals surface area (Å²) in [4.78, 5) is 14.1. The van der Waals surface area contributed by atoms with E-state index in [0.29, 0.717) is 10.8 Å². The minimum absolute atomic E-state index is 0.137. The Morgan fingerprint density at radius 3 is 2.30 bits per heavy atom. The van der Waals surface area contributed by atoms with E-state index in [4.69, 9.17) is 12.2 Å². The first-order valence-electron chi connectivity index (χ1n) is 7.31. The molecule has 1 amide bonds. The zero-order chi connectivity index (χ0) is 16.2. The second-order valence-corrected chi connectivity index (χ2v) is 5.65. The smallest absolute Gasteiger partial charge is 0.281 e. The summed E-state index contributed by atoms with van der Waals surface area (Å²) in [6.45, 7) is 1.96. The van der Waals surface area contributed by atoms with Gasteiger partial charge in [-0.3, -0.25) is 9.69 Å². The van der Waals surface area contributed by atoms with Crippen molar-refractivity contribution in [3.63, 3.8) is 0 Å². The monoisotopic (exact) mass is 320 g/mol. The molecule has 1 saturated heterocycles. The summed E-state index contributed by atoms with van der Waals surface area (Å²) in [5.41, 5.74) is 3.33. The average Bonchev–Trinajstić information content (AvgIpc) is 2.83. The highest BCUT2D eigenvalue weighted by Crippen LogP contribution is 2.21. The number of anilines is 1. The predicted molar refractivity (Wildman–Crippen MR) is 97.8 cm³/mol. The van der Waals surface area contributed by atoms with E-state index in [-0.39, 0.29) is 5.91 Å². The van der Waals surface area contributed by atoms with Crippen LogP contribution in [0.2, 0.25) is 0 Å². The van der Waals surface area contributed by atoms with Gasteiger partial charge in [-0.25, -0.2) is 0 Å². The third-order valence-corrected chi connectivity index (χ3v) is 3.74. The lowest BCUT2D eigenvalue weighted by atomic mass is 10.1. The largest absolute Gasteiger partial charge is 0.327 e. The molecule has 0 aliphatic carbocycles.